The second-order valence-corrected chi connectivity index (χ2v) is 9.00. The van der Waals surface area contributed by atoms with Gasteiger partial charge in [-0.15, -0.1) is 0 Å². The number of ether oxygens (including phenoxy) is 2. The molecule has 0 atom stereocenters. The second-order valence-electron chi connectivity index (χ2n) is 7.04. The summed E-state index contributed by atoms with van der Waals surface area (Å²) in [5.41, 5.74) is 1.76. The summed E-state index contributed by atoms with van der Waals surface area (Å²) in [6.45, 7) is 5.63. The van der Waals surface area contributed by atoms with Gasteiger partial charge in [0.15, 0.2) is 16.6 Å². The van der Waals surface area contributed by atoms with Crippen molar-refractivity contribution in [2.24, 2.45) is 0 Å². The number of amides is 2. The minimum absolute atomic E-state index is 0.00496. The smallest absolute Gasteiger partial charge is 0.270 e. The van der Waals surface area contributed by atoms with Gasteiger partial charge in [0, 0.05) is 5.02 Å². The summed E-state index contributed by atoms with van der Waals surface area (Å²) >= 11 is 13.6. The van der Waals surface area contributed by atoms with Crippen LogP contribution in [0.5, 0.6) is 11.5 Å². The molecule has 6 nitrogen and oxygen atoms in total. The maximum Gasteiger partial charge on any atom is 0.270 e. The van der Waals surface area contributed by atoms with E-state index in [9.17, 15) is 9.59 Å². The molecule has 0 saturated carbocycles. The van der Waals surface area contributed by atoms with Crippen LogP contribution in [-0.2, 0) is 9.59 Å². The van der Waals surface area contributed by atoms with Crippen molar-refractivity contribution in [3.63, 3.8) is 0 Å². The summed E-state index contributed by atoms with van der Waals surface area (Å²) < 4.78 is 12.1. The Kier molecular flexibility index (Phi) is 7.23. The van der Waals surface area contributed by atoms with Crippen molar-refractivity contribution in [3.05, 3.63) is 55.6 Å². The first-order valence-corrected chi connectivity index (χ1v) is 11.2. The topological polar surface area (TPSA) is 67.9 Å². The molecule has 2 aromatic carbocycles. The van der Waals surface area contributed by atoms with Gasteiger partial charge < -0.3 is 9.47 Å². The second kappa shape index (κ2) is 9.54. The molecule has 1 saturated heterocycles. The Balaban J connectivity index is 2.06. The van der Waals surface area contributed by atoms with Gasteiger partial charge in [-0.05, 0) is 97.0 Å². The number of methoxy groups -OCH3 is 1. The molecule has 3 rings (SSSR count). The highest BCUT2D eigenvalue weighted by Crippen LogP contribution is 2.36. The van der Waals surface area contributed by atoms with Crippen LogP contribution in [0.1, 0.15) is 25.0 Å². The Morgan fingerprint density at radius 3 is 2.61 bits per heavy atom. The number of nitrogens with zero attached hydrogens (tertiary/aromatic N) is 1. The van der Waals surface area contributed by atoms with Crippen molar-refractivity contribution < 1.29 is 19.1 Å². The van der Waals surface area contributed by atoms with Gasteiger partial charge in [-0.3, -0.25) is 19.8 Å². The van der Waals surface area contributed by atoms with Gasteiger partial charge in [0.2, 0.25) is 0 Å². The van der Waals surface area contributed by atoms with E-state index in [1.807, 2.05) is 19.9 Å². The minimum Gasteiger partial charge on any atom is -0.493 e. The summed E-state index contributed by atoms with van der Waals surface area (Å²) in [6.07, 6.45) is 1.48. The SMILES string of the molecule is COc1cc(/C=C2\C(=O)NC(=S)N(c3cccc(Cl)c3C)C2=O)cc(I)c1OC(C)C. The van der Waals surface area contributed by atoms with Gasteiger partial charge in [-0.25, -0.2) is 0 Å². The quantitative estimate of drug-likeness (QED) is 0.240. The van der Waals surface area contributed by atoms with Gasteiger partial charge in [-0.2, -0.15) is 0 Å². The van der Waals surface area contributed by atoms with Crippen LogP contribution in [0.4, 0.5) is 5.69 Å². The van der Waals surface area contributed by atoms with E-state index in [1.54, 1.807) is 31.2 Å². The number of halogens is 2. The molecular formula is C22H20ClIN2O4S. The molecule has 1 aliphatic rings. The maximum absolute atomic E-state index is 13.3. The predicted molar refractivity (Wildman–Crippen MR) is 134 cm³/mol. The van der Waals surface area contributed by atoms with E-state index in [4.69, 9.17) is 33.3 Å². The van der Waals surface area contributed by atoms with E-state index in [-0.39, 0.29) is 16.8 Å². The molecule has 2 amide bonds. The first kappa shape index (κ1) is 23.5. The zero-order valence-electron chi connectivity index (χ0n) is 17.3. The van der Waals surface area contributed by atoms with Crippen LogP contribution in [0.2, 0.25) is 5.02 Å². The first-order chi connectivity index (χ1) is 14.6. The molecule has 9 heteroatoms. The van der Waals surface area contributed by atoms with Crippen LogP contribution in [0.15, 0.2) is 35.9 Å². The fraction of sp³-hybridized carbons (Fsp3) is 0.227. The molecule has 0 unspecified atom stereocenters. The van der Waals surface area contributed by atoms with Gasteiger partial charge in [0.25, 0.3) is 11.8 Å². The number of carbonyl (C=O) groups is 2. The summed E-state index contributed by atoms with van der Waals surface area (Å²) in [5.74, 6) is 0.0178. The number of benzene rings is 2. The molecule has 31 heavy (non-hydrogen) atoms. The van der Waals surface area contributed by atoms with Gasteiger partial charge in [0.05, 0.1) is 22.5 Å². The third-order valence-corrected chi connectivity index (χ3v) is 5.99. The summed E-state index contributed by atoms with van der Waals surface area (Å²) in [6, 6.07) is 8.71. The predicted octanol–water partition coefficient (Wildman–Crippen LogP) is 4.88. The molecule has 0 aromatic heterocycles. The number of rotatable bonds is 5. The van der Waals surface area contributed by atoms with Crippen molar-refractivity contribution in [2.75, 3.05) is 12.0 Å². The number of hydrogen-bond donors (Lipinski definition) is 1. The van der Waals surface area contributed by atoms with E-state index in [0.29, 0.717) is 33.3 Å². The van der Waals surface area contributed by atoms with Gasteiger partial charge in [-0.1, -0.05) is 17.7 Å². The molecule has 0 spiro atoms. The zero-order chi connectivity index (χ0) is 22.9. The lowest BCUT2D eigenvalue weighted by molar-refractivity contribution is -0.122. The van der Waals surface area contributed by atoms with Crippen LogP contribution in [0.3, 0.4) is 0 Å². The lowest BCUT2D eigenvalue weighted by Gasteiger charge is -2.30. The molecule has 0 bridgehead atoms. The monoisotopic (exact) mass is 570 g/mol. The van der Waals surface area contributed by atoms with Crippen molar-refractivity contribution in [2.45, 2.75) is 26.9 Å². The normalized spacial score (nSPS) is 15.5. The Hall–Kier alpha value is -2.17. The molecule has 1 fully saturated rings. The Morgan fingerprint density at radius 1 is 1.26 bits per heavy atom. The Bertz CT molecular complexity index is 1120. The Labute approximate surface area is 204 Å². The van der Waals surface area contributed by atoms with Crippen LogP contribution >= 0.6 is 46.4 Å². The minimum atomic E-state index is -0.567. The lowest BCUT2D eigenvalue weighted by Crippen LogP contribution is -2.54. The number of thiocarbonyl (C=S) groups is 1. The van der Waals surface area contributed by atoms with E-state index in [2.05, 4.69) is 27.9 Å². The summed E-state index contributed by atoms with van der Waals surface area (Å²) in [7, 11) is 1.54. The van der Waals surface area contributed by atoms with Crippen molar-refractivity contribution >= 4 is 75.1 Å². The van der Waals surface area contributed by atoms with Crippen LogP contribution in [0.25, 0.3) is 6.08 Å². The Morgan fingerprint density at radius 2 is 1.97 bits per heavy atom. The third kappa shape index (κ3) is 4.86. The van der Waals surface area contributed by atoms with E-state index in [1.165, 1.54) is 18.1 Å². The molecule has 2 aromatic rings. The van der Waals surface area contributed by atoms with Crippen molar-refractivity contribution in [1.29, 1.82) is 0 Å². The average molecular weight is 571 g/mol. The highest BCUT2D eigenvalue weighted by Gasteiger charge is 2.35. The highest BCUT2D eigenvalue weighted by molar-refractivity contribution is 14.1. The van der Waals surface area contributed by atoms with Crippen LogP contribution in [-0.4, -0.2) is 30.1 Å². The lowest BCUT2D eigenvalue weighted by atomic mass is 10.1. The van der Waals surface area contributed by atoms with E-state index in [0.717, 1.165) is 3.57 Å². The molecule has 1 heterocycles. The molecule has 1 N–H and O–H groups in total. The fourth-order valence-corrected chi connectivity index (χ4v) is 4.25. The number of carbonyl (C=O) groups excluding carboxylic acids is 2. The van der Waals surface area contributed by atoms with E-state index >= 15 is 0 Å². The zero-order valence-corrected chi connectivity index (χ0v) is 21.0. The first-order valence-electron chi connectivity index (χ1n) is 9.34. The number of anilines is 1. The highest BCUT2D eigenvalue weighted by atomic mass is 127. The van der Waals surface area contributed by atoms with E-state index < -0.39 is 11.8 Å². The largest absolute Gasteiger partial charge is 0.493 e. The standard InChI is InChI=1S/C22H20ClIN2O4S/c1-11(2)30-19-16(24)9-13(10-18(19)29-4)8-14-20(27)25-22(31)26(21(14)28)17-7-5-6-15(23)12(17)3/h5-11H,1-4H3,(H,25,27,31)/b14-8+. The van der Waals surface area contributed by atoms with Crippen LogP contribution < -0.4 is 19.7 Å². The summed E-state index contributed by atoms with van der Waals surface area (Å²) in [5, 5.41) is 3.09. The number of hydrogen-bond acceptors (Lipinski definition) is 5. The number of nitrogens with one attached hydrogen (secondary N) is 1. The van der Waals surface area contributed by atoms with Crippen molar-refractivity contribution in [1.82, 2.24) is 5.32 Å². The molecular weight excluding hydrogens is 551 g/mol. The molecule has 162 valence electrons. The average Bonchev–Trinajstić information content (AvgIpc) is 2.69. The molecule has 0 radical (unpaired) electrons. The molecule has 1 aliphatic heterocycles. The maximum atomic E-state index is 13.3. The third-order valence-electron chi connectivity index (χ3n) is 4.50. The molecule has 0 aliphatic carbocycles. The summed E-state index contributed by atoms with van der Waals surface area (Å²) in [4.78, 5) is 27.2. The van der Waals surface area contributed by atoms with Crippen molar-refractivity contribution in [3.8, 4) is 11.5 Å². The van der Waals surface area contributed by atoms with Gasteiger partial charge in [0.1, 0.15) is 5.57 Å². The van der Waals surface area contributed by atoms with Gasteiger partial charge >= 0.3 is 0 Å². The fourth-order valence-electron chi connectivity index (χ4n) is 3.05. The van der Waals surface area contributed by atoms with Crippen LogP contribution in [0, 0.1) is 10.5 Å².